The average Bonchev–Trinajstić information content (AvgIpc) is 3.09. The number of nitrogens with zero attached hydrogens (tertiary/aromatic N) is 2. The molecule has 3 heteroatoms. The van der Waals surface area contributed by atoms with E-state index in [0.717, 1.165) is 42.7 Å². The molecule has 3 aliphatic carbocycles. The Morgan fingerprint density at radius 3 is 3.00 bits per heavy atom. The molecule has 0 aromatic carbocycles. The molecule has 1 heterocycles. The number of aromatic nitrogens is 2. The fourth-order valence-electron chi connectivity index (χ4n) is 5.31. The molecule has 2 bridgehead atoms. The quantitative estimate of drug-likeness (QED) is 0.899. The Bertz CT molecular complexity index is 453. The van der Waals surface area contributed by atoms with Crippen LogP contribution in [0, 0.1) is 23.7 Å². The van der Waals surface area contributed by atoms with E-state index >= 15 is 0 Å². The summed E-state index contributed by atoms with van der Waals surface area (Å²) in [4.78, 5) is 0. The van der Waals surface area contributed by atoms with Gasteiger partial charge in [0, 0.05) is 19.3 Å². The lowest BCUT2D eigenvalue weighted by Gasteiger charge is -2.32. The molecule has 1 aromatic heterocycles. The van der Waals surface area contributed by atoms with Crippen molar-refractivity contribution >= 4 is 0 Å². The summed E-state index contributed by atoms with van der Waals surface area (Å²) in [6.07, 6.45) is 12.8. The zero-order chi connectivity index (χ0) is 12.8. The van der Waals surface area contributed by atoms with Crippen LogP contribution in [-0.2, 0) is 13.5 Å². The normalized spacial score (nSPS) is 39.9. The predicted molar refractivity (Wildman–Crippen MR) is 75.7 cm³/mol. The maximum absolute atomic E-state index is 4.24. The molecular weight excluding hydrogens is 234 g/mol. The van der Waals surface area contributed by atoms with Gasteiger partial charge in [-0.05, 0) is 67.9 Å². The lowest BCUT2D eigenvalue weighted by molar-refractivity contribution is 0.209. The van der Waals surface area contributed by atoms with Gasteiger partial charge in [-0.2, -0.15) is 5.10 Å². The van der Waals surface area contributed by atoms with E-state index in [1.165, 1.54) is 37.7 Å². The summed E-state index contributed by atoms with van der Waals surface area (Å²) in [7, 11) is 1.99. The zero-order valence-corrected chi connectivity index (χ0v) is 11.9. The summed E-state index contributed by atoms with van der Waals surface area (Å²) in [5, 5.41) is 8.08. The van der Waals surface area contributed by atoms with Crippen molar-refractivity contribution < 1.29 is 0 Å². The molecule has 1 aromatic rings. The molecule has 3 nitrogen and oxygen atoms in total. The highest BCUT2D eigenvalue weighted by atomic mass is 15.2. The Kier molecular flexibility index (Phi) is 2.91. The van der Waals surface area contributed by atoms with Gasteiger partial charge in [-0.3, -0.25) is 4.68 Å². The van der Waals surface area contributed by atoms with Gasteiger partial charge in [0.25, 0.3) is 0 Å². The number of nitrogens with one attached hydrogen (secondary N) is 1. The molecule has 0 amide bonds. The minimum Gasteiger partial charge on any atom is -0.313 e. The Balaban J connectivity index is 1.30. The van der Waals surface area contributed by atoms with Crippen molar-refractivity contribution in [1.82, 2.24) is 15.1 Å². The highest BCUT2D eigenvalue weighted by Crippen LogP contribution is 2.58. The lowest BCUT2D eigenvalue weighted by atomic mass is 9.79. The van der Waals surface area contributed by atoms with E-state index < -0.39 is 0 Å². The van der Waals surface area contributed by atoms with Crippen molar-refractivity contribution in [3.8, 4) is 0 Å². The summed E-state index contributed by atoms with van der Waals surface area (Å²) in [5.74, 6) is 4.26. The molecule has 3 fully saturated rings. The van der Waals surface area contributed by atoms with Crippen LogP contribution in [-0.4, -0.2) is 22.4 Å². The molecule has 5 unspecified atom stereocenters. The van der Waals surface area contributed by atoms with Gasteiger partial charge in [0.2, 0.25) is 0 Å². The van der Waals surface area contributed by atoms with E-state index in [4.69, 9.17) is 0 Å². The number of fused-ring (bicyclic) bond motifs is 5. The van der Waals surface area contributed by atoms with Crippen LogP contribution in [0.15, 0.2) is 12.4 Å². The molecule has 5 atom stereocenters. The summed E-state index contributed by atoms with van der Waals surface area (Å²) in [5.41, 5.74) is 1.36. The van der Waals surface area contributed by atoms with E-state index in [1.807, 2.05) is 17.9 Å². The van der Waals surface area contributed by atoms with Gasteiger partial charge in [0.05, 0.1) is 6.20 Å². The van der Waals surface area contributed by atoms with Crippen LogP contribution in [0.2, 0.25) is 0 Å². The smallest absolute Gasteiger partial charge is 0.0522 e. The maximum Gasteiger partial charge on any atom is 0.0522 e. The third-order valence-electron chi connectivity index (χ3n) is 6.01. The van der Waals surface area contributed by atoms with Crippen molar-refractivity contribution in [2.24, 2.45) is 30.7 Å². The monoisotopic (exact) mass is 259 g/mol. The molecule has 4 rings (SSSR count). The van der Waals surface area contributed by atoms with Gasteiger partial charge in [-0.1, -0.05) is 6.42 Å². The second kappa shape index (κ2) is 4.62. The van der Waals surface area contributed by atoms with Crippen LogP contribution in [0.1, 0.15) is 37.7 Å². The highest BCUT2D eigenvalue weighted by molar-refractivity contribution is 5.07. The number of hydrogen-bond acceptors (Lipinski definition) is 2. The molecule has 0 aliphatic heterocycles. The predicted octanol–water partition coefficient (Wildman–Crippen LogP) is 2.38. The molecule has 3 aliphatic rings. The van der Waals surface area contributed by atoms with Crippen LogP contribution < -0.4 is 5.32 Å². The van der Waals surface area contributed by atoms with Crippen molar-refractivity contribution in [2.45, 2.75) is 44.6 Å². The zero-order valence-electron chi connectivity index (χ0n) is 11.9. The van der Waals surface area contributed by atoms with E-state index in [0.29, 0.717) is 0 Å². The standard InChI is InChI=1S/C16H25N3/c1-19-10-11(9-18-19)5-6-17-16-8-12-7-15(16)14-4-2-3-13(12)14/h9-10,12-17H,2-8H2,1H3. The maximum atomic E-state index is 4.24. The van der Waals surface area contributed by atoms with E-state index in [1.54, 1.807) is 0 Å². The molecule has 19 heavy (non-hydrogen) atoms. The lowest BCUT2D eigenvalue weighted by Crippen LogP contribution is -2.40. The van der Waals surface area contributed by atoms with Crippen LogP contribution >= 0.6 is 0 Å². The third-order valence-corrected chi connectivity index (χ3v) is 6.01. The van der Waals surface area contributed by atoms with Gasteiger partial charge >= 0.3 is 0 Å². The SMILES string of the molecule is Cn1cc(CCNC2CC3CC2C2CCCC32)cn1. The Labute approximate surface area is 115 Å². The fraction of sp³-hybridized carbons (Fsp3) is 0.812. The Morgan fingerprint density at radius 1 is 1.26 bits per heavy atom. The first-order valence-electron chi connectivity index (χ1n) is 8.02. The number of aryl methyl sites for hydroxylation is 1. The first kappa shape index (κ1) is 12.0. The first-order chi connectivity index (χ1) is 9.31. The second-order valence-corrected chi connectivity index (χ2v) is 6.99. The molecule has 1 N–H and O–H groups in total. The third kappa shape index (κ3) is 2.03. The van der Waals surface area contributed by atoms with Crippen LogP contribution in [0.25, 0.3) is 0 Å². The molecule has 3 saturated carbocycles. The van der Waals surface area contributed by atoms with Gasteiger partial charge in [-0.25, -0.2) is 0 Å². The molecule has 0 spiro atoms. The number of hydrogen-bond donors (Lipinski definition) is 1. The molecule has 0 radical (unpaired) electrons. The molecule has 0 saturated heterocycles. The van der Waals surface area contributed by atoms with Gasteiger partial charge in [0.15, 0.2) is 0 Å². The van der Waals surface area contributed by atoms with Crippen molar-refractivity contribution in [3.63, 3.8) is 0 Å². The summed E-state index contributed by atoms with van der Waals surface area (Å²) >= 11 is 0. The van der Waals surface area contributed by atoms with Crippen LogP contribution in [0.5, 0.6) is 0 Å². The molecule has 104 valence electrons. The largest absolute Gasteiger partial charge is 0.313 e. The fourth-order valence-corrected chi connectivity index (χ4v) is 5.31. The van der Waals surface area contributed by atoms with Crippen LogP contribution in [0.4, 0.5) is 0 Å². The van der Waals surface area contributed by atoms with Gasteiger partial charge in [-0.15, -0.1) is 0 Å². The Morgan fingerprint density at radius 2 is 2.16 bits per heavy atom. The van der Waals surface area contributed by atoms with Crippen molar-refractivity contribution in [2.75, 3.05) is 6.54 Å². The van der Waals surface area contributed by atoms with Gasteiger partial charge in [0.1, 0.15) is 0 Å². The second-order valence-electron chi connectivity index (χ2n) is 6.99. The minimum absolute atomic E-state index is 0.820. The van der Waals surface area contributed by atoms with E-state index in [2.05, 4.69) is 16.6 Å². The van der Waals surface area contributed by atoms with Crippen LogP contribution in [0.3, 0.4) is 0 Å². The minimum atomic E-state index is 0.820. The van der Waals surface area contributed by atoms with Gasteiger partial charge < -0.3 is 5.32 Å². The van der Waals surface area contributed by atoms with E-state index in [-0.39, 0.29) is 0 Å². The summed E-state index contributed by atoms with van der Waals surface area (Å²) < 4.78 is 1.90. The molecular formula is C16H25N3. The Hall–Kier alpha value is -0.830. The number of rotatable bonds is 4. The average molecular weight is 259 g/mol. The van der Waals surface area contributed by atoms with Crippen molar-refractivity contribution in [3.05, 3.63) is 18.0 Å². The highest BCUT2D eigenvalue weighted by Gasteiger charge is 2.53. The van der Waals surface area contributed by atoms with Crippen molar-refractivity contribution in [1.29, 1.82) is 0 Å². The van der Waals surface area contributed by atoms with E-state index in [9.17, 15) is 0 Å². The first-order valence-corrected chi connectivity index (χ1v) is 8.02. The topological polar surface area (TPSA) is 29.9 Å². The summed E-state index contributed by atoms with van der Waals surface area (Å²) in [6.45, 7) is 1.12. The summed E-state index contributed by atoms with van der Waals surface area (Å²) in [6, 6.07) is 0.820.